The number of hydrogen-bond acceptors (Lipinski definition) is 5. The number of halogens is 1. The molecule has 2 aromatic carbocycles. The van der Waals surface area contributed by atoms with E-state index in [2.05, 4.69) is 5.32 Å². The highest BCUT2D eigenvalue weighted by Gasteiger charge is 2.39. The van der Waals surface area contributed by atoms with Crippen LogP contribution >= 0.6 is 11.6 Å². The van der Waals surface area contributed by atoms with E-state index in [4.69, 9.17) is 16.3 Å². The Labute approximate surface area is 158 Å². The Bertz CT molecular complexity index is 869. The van der Waals surface area contributed by atoms with Crippen LogP contribution in [0.1, 0.15) is 29.2 Å². The second-order valence-electron chi connectivity index (χ2n) is 6.66. The molecule has 0 aliphatic carbocycles. The third kappa shape index (κ3) is 4.04. The van der Waals surface area contributed by atoms with E-state index in [0.717, 1.165) is 5.56 Å². The molecule has 0 fully saturated rings. The molecule has 0 amide bonds. The van der Waals surface area contributed by atoms with Gasteiger partial charge in [-0.25, -0.2) is 8.42 Å². The van der Waals surface area contributed by atoms with Gasteiger partial charge in [-0.1, -0.05) is 48.9 Å². The van der Waals surface area contributed by atoms with Crippen molar-refractivity contribution in [2.45, 2.75) is 30.4 Å². The monoisotopic (exact) mass is 395 g/mol. The molecule has 1 aliphatic rings. The van der Waals surface area contributed by atoms with E-state index in [-0.39, 0.29) is 12.5 Å². The van der Waals surface area contributed by atoms with E-state index in [1.165, 1.54) is 6.26 Å². The summed E-state index contributed by atoms with van der Waals surface area (Å²) in [5.74, 6) is 0.325. The van der Waals surface area contributed by atoms with E-state index in [1.54, 1.807) is 30.3 Å². The number of nitrogens with one attached hydrogen (secondary N) is 1. The number of ether oxygens (including phenoxy) is 1. The summed E-state index contributed by atoms with van der Waals surface area (Å²) in [6.07, 6.45) is 0.281. The lowest BCUT2D eigenvalue weighted by molar-refractivity contribution is 0.0819. The summed E-state index contributed by atoms with van der Waals surface area (Å²) in [5.41, 5.74) is 1.52. The molecule has 0 aromatic heterocycles. The average molecular weight is 396 g/mol. The van der Waals surface area contributed by atoms with Crippen LogP contribution in [0.2, 0.25) is 5.02 Å². The fraction of sp³-hybridized carbons (Fsp3) is 0.368. The van der Waals surface area contributed by atoms with Crippen molar-refractivity contribution in [3.05, 3.63) is 64.7 Å². The second-order valence-corrected chi connectivity index (χ2v) is 9.26. The van der Waals surface area contributed by atoms with Gasteiger partial charge in [-0.3, -0.25) is 5.32 Å². The highest BCUT2D eigenvalue weighted by Crippen LogP contribution is 2.37. The number of benzene rings is 2. The van der Waals surface area contributed by atoms with Crippen LogP contribution in [0.4, 0.5) is 0 Å². The Hall–Kier alpha value is -1.60. The quantitative estimate of drug-likeness (QED) is 0.761. The fourth-order valence-corrected chi connectivity index (χ4v) is 4.84. The molecule has 3 unspecified atom stereocenters. The lowest BCUT2D eigenvalue weighted by Gasteiger charge is -2.35. The molecule has 0 radical (unpaired) electrons. The predicted octanol–water partition coefficient (Wildman–Crippen LogP) is 2.90. The maximum absolute atomic E-state index is 12.4. The number of fused-ring (bicyclic) bond motifs is 1. The van der Waals surface area contributed by atoms with Crippen molar-refractivity contribution >= 4 is 21.4 Å². The molecule has 2 N–H and O–H groups in total. The van der Waals surface area contributed by atoms with Crippen LogP contribution in [-0.2, 0) is 9.84 Å². The maximum atomic E-state index is 12.4. The van der Waals surface area contributed by atoms with Crippen LogP contribution in [0, 0.1) is 0 Å². The molecule has 2 aromatic rings. The van der Waals surface area contributed by atoms with Gasteiger partial charge >= 0.3 is 0 Å². The van der Waals surface area contributed by atoms with Crippen molar-refractivity contribution in [1.82, 2.24) is 5.32 Å². The molecule has 140 valence electrons. The van der Waals surface area contributed by atoms with E-state index in [9.17, 15) is 13.5 Å². The van der Waals surface area contributed by atoms with Crippen molar-refractivity contribution in [2.24, 2.45) is 0 Å². The van der Waals surface area contributed by atoms with Crippen molar-refractivity contribution in [3.63, 3.8) is 0 Å². The van der Waals surface area contributed by atoms with Crippen molar-refractivity contribution in [2.75, 3.05) is 12.9 Å². The molecule has 3 rings (SSSR count). The molecule has 0 saturated heterocycles. The third-order valence-corrected chi connectivity index (χ3v) is 6.48. The zero-order chi connectivity index (χ0) is 18.9. The van der Waals surface area contributed by atoms with E-state index in [0.29, 0.717) is 16.3 Å². The van der Waals surface area contributed by atoms with E-state index < -0.39 is 27.4 Å². The molecule has 0 bridgehead atoms. The molecule has 4 atom stereocenters. The Morgan fingerprint density at radius 2 is 1.85 bits per heavy atom. The highest BCUT2D eigenvalue weighted by molar-refractivity contribution is 7.91. The van der Waals surface area contributed by atoms with Gasteiger partial charge in [0.15, 0.2) is 9.84 Å². The maximum Gasteiger partial charge on any atom is 0.156 e. The predicted molar refractivity (Wildman–Crippen MR) is 102 cm³/mol. The Morgan fingerprint density at radius 1 is 1.19 bits per heavy atom. The largest absolute Gasteiger partial charge is 0.492 e. The van der Waals surface area contributed by atoms with Gasteiger partial charge in [0.05, 0.1) is 6.04 Å². The number of para-hydroxylation sites is 1. The highest BCUT2D eigenvalue weighted by atomic mass is 35.5. The van der Waals surface area contributed by atoms with Crippen LogP contribution in [0.15, 0.2) is 48.5 Å². The van der Waals surface area contributed by atoms with Gasteiger partial charge in [0, 0.05) is 22.8 Å². The van der Waals surface area contributed by atoms with Gasteiger partial charge in [-0.2, -0.15) is 0 Å². The van der Waals surface area contributed by atoms with Crippen LogP contribution < -0.4 is 10.1 Å². The summed E-state index contributed by atoms with van der Waals surface area (Å²) in [5, 5.41) is 13.5. The summed E-state index contributed by atoms with van der Waals surface area (Å²) < 4.78 is 30.6. The smallest absolute Gasteiger partial charge is 0.156 e. The van der Waals surface area contributed by atoms with Crippen molar-refractivity contribution in [1.29, 1.82) is 0 Å². The number of hydrogen-bond donors (Lipinski definition) is 2. The SMILES string of the molecule is C[C@@H](c1ccc(Cl)cc1)C(O)NC1COc2ccccc2C1S(C)(=O)=O. The minimum Gasteiger partial charge on any atom is -0.492 e. The first-order chi connectivity index (χ1) is 12.3. The van der Waals surface area contributed by atoms with Gasteiger partial charge in [-0.15, -0.1) is 0 Å². The minimum atomic E-state index is -3.40. The minimum absolute atomic E-state index is 0.166. The number of aliphatic hydroxyl groups is 1. The Morgan fingerprint density at radius 3 is 2.50 bits per heavy atom. The Balaban J connectivity index is 1.83. The summed E-state index contributed by atoms with van der Waals surface area (Å²) in [6.45, 7) is 2.03. The van der Waals surface area contributed by atoms with Gasteiger partial charge in [-0.05, 0) is 23.8 Å². The molecule has 26 heavy (non-hydrogen) atoms. The third-order valence-electron chi connectivity index (χ3n) is 4.72. The second kappa shape index (κ2) is 7.56. The van der Waals surface area contributed by atoms with E-state index >= 15 is 0 Å². The first kappa shape index (κ1) is 19.2. The van der Waals surface area contributed by atoms with E-state index in [1.807, 2.05) is 25.1 Å². The number of sulfone groups is 1. The molecule has 0 saturated carbocycles. The van der Waals surface area contributed by atoms with Crippen molar-refractivity contribution < 1.29 is 18.3 Å². The lowest BCUT2D eigenvalue weighted by atomic mass is 9.97. The van der Waals surface area contributed by atoms with Crippen LogP contribution in [0.25, 0.3) is 0 Å². The van der Waals surface area contributed by atoms with Crippen molar-refractivity contribution in [3.8, 4) is 5.75 Å². The van der Waals surface area contributed by atoms with Gasteiger partial charge in [0.1, 0.15) is 23.8 Å². The lowest BCUT2D eigenvalue weighted by Crippen LogP contribution is -2.50. The molecular formula is C19H22ClNO4S. The Kier molecular flexibility index (Phi) is 5.58. The standard InChI is InChI=1S/C19H22ClNO4S/c1-12(13-7-9-14(20)10-8-13)19(22)21-16-11-25-17-6-4-3-5-15(17)18(16)26(2,23)24/h3-10,12,16,18-19,21-22H,11H2,1-2H3/t12-,16?,18?,19?/m0/s1. The molecule has 5 nitrogen and oxygen atoms in total. The zero-order valence-corrected chi connectivity index (χ0v) is 16.2. The molecule has 1 heterocycles. The first-order valence-electron chi connectivity index (χ1n) is 8.37. The van der Waals surface area contributed by atoms with Gasteiger partial charge < -0.3 is 9.84 Å². The zero-order valence-electron chi connectivity index (χ0n) is 14.6. The normalized spacial score (nSPS) is 22.2. The molecular weight excluding hydrogens is 374 g/mol. The van der Waals surface area contributed by atoms with Gasteiger partial charge in [0.25, 0.3) is 0 Å². The summed E-state index contributed by atoms with van der Waals surface area (Å²) in [7, 11) is -3.40. The summed E-state index contributed by atoms with van der Waals surface area (Å²) in [6, 6.07) is 13.8. The number of rotatable bonds is 5. The topological polar surface area (TPSA) is 75.6 Å². The first-order valence-corrected chi connectivity index (χ1v) is 10.7. The summed E-state index contributed by atoms with van der Waals surface area (Å²) in [4.78, 5) is 0. The fourth-order valence-electron chi connectivity index (χ4n) is 3.31. The molecule has 1 aliphatic heterocycles. The number of aliphatic hydroxyl groups excluding tert-OH is 1. The molecule has 7 heteroatoms. The average Bonchev–Trinajstić information content (AvgIpc) is 2.60. The van der Waals surface area contributed by atoms with Gasteiger partial charge in [0.2, 0.25) is 0 Å². The summed E-state index contributed by atoms with van der Waals surface area (Å²) >= 11 is 5.91. The van der Waals surface area contributed by atoms with Crippen LogP contribution in [-0.4, -0.2) is 38.7 Å². The molecule has 0 spiro atoms. The van der Waals surface area contributed by atoms with Crippen LogP contribution in [0.5, 0.6) is 5.75 Å². The van der Waals surface area contributed by atoms with Crippen LogP contribution in [0.3, 0.4) is 0 Å².